The highest BCUT2D eigenvalue weighted by molar-refractivity contribution is 5.88. The largest absolute Gasteiger partial charge is 0.502 e. The first-order valence-corrected chi connectivity index (χ1v) is 8.44. The zero-order valence-corrected chi connectivity index (χ0v) is 15.0. The van der Waals surface area contributed by atoms with Crippen molar-refractivity contribution in [1.29, 1.82) is 0 Å². The highest BCUT2D eigenvalue weighted by atomic mass is 16.6. The summed E-state index contributed by atoms with van der Waals surface area (Å²) in [5.74, 6) is -0.323. The van der Waals surface area contributed by atoms with E-state index in [-0.39, 0.29) is 5.56 Å². The van der Waals surface area contributed by atoms with Crippen molar-refractivity contribution < 1.29 is 19.4 Å². The van der Waals surface area contributed by atoms with Crippen LogP contribution in [0.4, 0.5) is 17.1 Å². The monoisotopic (exact) mass is 405 g/mol. The van der Waals surface area contributed by atoms with Crippen LogP contribution in [0.25, 0.3) is 22.7 Å². The lowest BCUT2D eigenvalue weighted by molar-refractivity contribution is -0.394. The molecule has 11 heteroatoms. The van der Waals surface area contributed by atoms with Gasteiger partial charge < -0.3 is 9.52 Å². The summed E-state index contributed by atoms with van der Waals surface area (Å²) in [5, 5.41) is 32.0. The Balaban J connectivity index is 1.63. The van der Waals surface area contributed by atoms with Crippen molar-refractivity contribution >= 4 is 34.5 Å². The fraction of sp³-hybridized carbons (Fsp3) is 0. The molecule has 0 radical (unpaired) electrons. The third-order valence-corrected chi connectivity index (χ3v) is 4.14. The van der Waals surface area contributed by atoms with Gasteiger partial charge in [-0.1, -0.05) is 0 Å². The Morgan fingerprint density at radius 2 is 1.83 bits per heavy atom. The Hall–Kier alpha value is -4.67. The summed E-state index contributed by atoms with van der Waals surface area (Å²) in [4.78, 5) is 32.8. The van der Waals surface area contributed by atoms with E-state index in [0.29, 0.717) is 34.4 Å². The van der Waals surface area contributed by atoms with Crippen molar-refractivity contribution in [2.75, 3.05) is 0 Å². The summed E-state index contributed by atoms with van der Waals surface area (Å²) >= 11 is 0. The molecule has 0 aliphatic heterocycles. The number of phenols is 1. The fourth-order valence-electron chi connectivity index (χ4n) is 2.70. The molecule has 0 bridgehead atoms. The van der Waals surface area contributed by atoms with Gasteiger partial charge in [-0.05, 0) is 36.4 Å². The molecule has 0 amide bonds. The first-order valence-electron chi connectivity index (χ1n) is 8.44. The number of aromatic nitrogens is 2. The second-order valence-electron chi connectivity index (χ2n) is 6.07. The number of aliphatic imine (C=N–C) groups is 1. The molecule has 0 unspecified atom stereocenters. The predicted octanol–water partition coefficient (Wildman–Crippen LogP) is 4.16. The average Bonchev–Trinajstić information content (AvgIpc) is 3.17. The van der Waals surface area contributed by atoms with Crippen LogP contribution in [-0.4, -0.2) is 31.1 Å². The molecule has 2 aromatic heterocycles. The molecule has 0 saturated heterocycles. The van der Waals surface area contributed by atoms with E-state index in [9.17, 15) is 25.3 Å². The Kier molecular flexibility index (Phi) is 4.60. The minimum absolute atomic E-state index is 0.148. The van der Waals surface area contributed by atoms with Crippen LogP contribution in [-0.2, 0) is 0 Å². The van der Waals surface area contributed by atoms with E-state index in [2.05, 4.69) is 15.0 Å². The fourth-order valence-corrected chi connectivity index (χ4v) is 2.70. The Morgan fingerprint density at radius 3 is 2.50 bits per heavy atom. The van der Waals surface area contributed by atoms with Crippen molar-refractivity contribution in [3.05, 3.63) is 80.5 Å². The van der Waals surface area contributed by atoms with Gasteiger partial charge in [0.1, 0.15) is 0 Å². The van der Waals surface area contributed by atoms with E-state index in [0.717, 1.165) is 12.3 Å². The maximum absolute atomic E-state index is 11.0. The van der Waals surface area contributed by atoms with Gasteiger partial charge in [0.2, 0.25) is 11.6 Å². The lowest BCUT2D eigenvalue weighted by Gasteiger charge is -2.01. The lowest BCUT2D eigenvalue weighted by Crippen LogP contribution is -1.96. The third-order valence-electron chi connectivity index (χ3n) is 4.14. The van der Waals surface area contributed by atoms with Crippen LogP contribution in [0.3, 0.4) is 0 Å². The highest BCUT2D eigenvalue weighted by Crippen LogP contribution is 2.34. The molecule has 2 aromatic carbocycles. The van der Waals surface area contributed by atoms with Crippen LogP contribution >= 0.6 is 0 Å². The standard InChI is InChI=1S/C19H11N5O6/c25-17-12(8-14(23(26)27)9-15(17)24(28)29)10-21-13-5-3-11(4-6-13)19-22-18-16(30-19)2-1-7-20-18/h1-10,25H. The predicted molar refractivity (Wildman–Crippen MR) is 106 cm³/mol. The van der Waals surface area contributed by atoms with Crippen LogP contribution in [0.15, 0.2) is 64.1 Å². The SMILES string of the molecule is O=[N+]([O-])c1cc(C=Nc2ccc(-c3nc4ncccc4o3)cc2)c(O)c([N+](=O)[O-])c1. The molecule has 0 fully saturated rings. The Labute approximate surface area is 167 Å². The molecule has 2 heterocycles. The molecule has 0 aliphatic carbocycles. The first-order chi connectivity index (χ1) is 14.4. The summed E-state index contributed by atoms with van der Waals surface area (Å²) in [5.41, 5.74) is 0.716. The van der Waals surface area contributed by atoms with E-state index >= 15 is 0 Å². The summed E-state index contributed by atoms with van der Waals surface area (Å²) in [6.07, 6.45) is 2.73. The van der Waals surface area contributed by atoms with Crippen LogP contribution < -0.4 is 0 Å². The number of pyridine rings is 1. The quantitative estimate of drug-likeness (QED) is 0.294. The van der Waals surface area contributed by atoms with Gasteiger partial charge in [-0.2, -0.15) is 4.98 Å². The zero-order valence-electron chi connectivity index (χ0n) is 15.0. The number of hydrogen-bond acceptors (Lipinski definition) is 9. The van der Waals surface area contributed by atoms with E-state index in [1.54, 1.807) is 42.6 Å². The molecule has 148 valence electrons. The number of phenolic OH excluding ortho intramolecular Hbond substituents is 1. The van der Waals surface area contributed by atoms with Crippen molar-refractivity contribution in [2.45, 2.75) is 0 Å². The van der Waals surface area contributed by atoms with Gasteiger partial charge >= 0.3 is 5.69 Å². The maximum Gasteiger partial charge on any atom is 0.318 e. The van der Waals surface area contributed by atoms with E-state index in [4.69, 9.17) is 4.42 Å². The molecular formula is C19H11N5O6. The van der Waals surface area contributed by atoms with Gasteiger partial charge in [0, 0.05) is 29.6 Å². The van der Waals surface area contributed by atoms with Gasteiger partial charge in [-0.15, -0.1) is 0 Å². The van der Waals surface area contributed by atoms with E-state index in [1.165, 1.54) is 0 Å². The second-order valence-corrected chi connectivity index (χ2v) is 6.07. The number of non-ortho nitro benzene ring substituents is 1. The number of rotatable bonds is 5. The molecule has 0 spiro atoms. The normalized spacial score (nSPS) is 11.2. The van der Waals surface area contributed by atoms with Gasteiger partial charge in [0.15, 0.2) is 11.2 Å². The van der Waals surface area contributed by atoms with Crippen LogP contribution in [0.5, 0.6) is 5.75 Å². The number of nitro benzene ring substituents is 2. The van der Waals surface area contributed by atoms with Crippen molar-refractivity contribution in [3.8, 4) is 17.2 Å². The molecule has 11 nitrogen and oxygen atoms in total. The number of aromatic hydroxyl groups is 1. The molecule has 4 rings (SSSR count). The van der Waals surface area contributed by atoms with Gasteiger partial charge in [-0.3, -0.25) is 25.2 Å². The number of fused-ring (bicyclic) bond motifs is 1. The van der Waals surface area contributed by atoms with Crippen molar-refractivity contribution in [1.82, 2.24) is 9.97 Å². The van der Waals surface area contributed by atoms with Crippen molar-refractivity contribution in [3.63, 3.8) is 0 Å². The van der Waals surface area contributed by atoms with Gasteiger partial charge in [-0.25, -0.2) is 4.98 Å². The minimum Gasteiger partial charge on any atom is -0.502 e. The summed E-state index contributed by atoms with van der Waals surface area (Å²) < 4.78 is 5.64. The molecule has 4 aromatic rings. The molecule has 0 saturated carbocycles. The Bertz CT molecular complexity index is 1280. The second kappa shape index (κ2) is 7.39. The number of nitro groups is 2. The van der Waals surface area contributed by atoms with Gasteiger partial charge in [0.25, 0.3) is 5.69 Å². The number of hydrogen-bond donors (Lipinski definition) is 1. The summed E-state index contributed by atoms with van der Waals surface area (Å²) in [6.45, 7) is 0. The number of nitrogens with zero attached hydrogens (tertiary/aromatic N) is 5. The highest BCUT2D eigenvalue weighted by Gasteiger charge is 2.23. The van der Waals surface area contributed by atoms with E-state index < -0.39 is 27.0 Å². The minimum atomic E-state index is -0.899. The maximum atomic E-state index is 11.0. The van der Waals surface area contributed by atoms with Crippen LogP contribution in [0.1, 0.15) is 5.56 Å². The van der Waals surface area contributed by atoms with Crippen molar-refractivity contribution in [2.24, 2.45) is 4.99 Å². The first kappa shape index (κ1) is 18.7. The molecular weight excluding hydrogens is 394 g/mol. The van der Waals surface area contributed by atoms with E-state index in [1.807, 2.05) is 0 Å². The molecule has 1 N–H and O–H groups in total. The average molecular weight is 405 g/mol. The zero-order chi connectivity index (χ0) is 21.3. The molecule has 0 aliphatic rings. The summed E-state index contributed by atoms with van der Waals surface area (Å²) in [7, 11) is 0. The lowest BCUT2D eigenvalue weighted by atomic mass is 10.1. The van der Waals surface area contributed by atoms with Crippen LogP contribution in [0.2, 0.25) is 0 Å². The number of oxazole rings is 1. The van der Waals surface area contributed by atoms with Crippen LogP contribution in [0, 0.1) is 20.2 Å². The topological polar surface area (TPSA) is 158 Å². The molecule has 0 atom stereocenters. The number of benzene rings is 2. The summed E-state index contributed by atoms with van der Waals surface area (Å²) in [6, 6.07) is 11.9. The smallest absolute Gasteiger partial charge is 0.318 e. The molecule has 30 heavy (non-hydrogen) atoms. The van der Waals surface area contributed by atoms with Gasteiger partial charge in [0.05, 0.1) is 21.6 Å². The Morgan fingerprint density at radius 1 is 1.07 bits per heavy atom. The third kappa shape index (κ3) is 3.54.